The van der Waals surface area contributed by atoms with Crippen LogP contribution < -0.4 is 10.6 Å². The van der Waals surface area contributed by atoms with Crippen LogP contribution in [0, 0.1) is 6.92 Å². The van der Waals surface area contributed by atoms with E-state index in [1.807, 2.05) is 6.07 Å². The van der Waals surface area contributed by atoms with Crippen LogP contribution >= 0.6 is 0 Å². The van der Waals surface area contributed by atoms with E-state index in [9.17, 15) is 0 Å². The Hall–Kier alpha value is -2.14. The van der Waals surface area contributed by atoms with Gasteiger partial charge in [0.1, 0.15) is 5.82 Å². The van der Waals surface area contributed by atoms with Crippen molar-refractivity contribution in [2.45, 2.75) is 13.5 Å². The molecule has 0 atom stereocenters. The molecule has 20 heavy (non-hydrogen) atoms. The Balaban J connectivity index is 1.91. The van der Waals surface area contributed by atoms with Gasteiger partial charge in [-0.1, -0.05) is 29.8 Å². The van der Waals surface area contributed by atoms with Crippen LogP contribution in [0.4, 0.5) is 11.8 Å². The standard InChI is InChI=1S/C15H20N4O/c1-12-4-3-5-13(10-12)11-18-15-17-7-6-14(19-15)16-8-9-20-2/h3-7,10H,8-9,11H2,1-2H3,(H2,16,17,18,19). The number of rotatable bonds is 7. The van der Waals surface area contributed by atoms with E-state index in [1.54, 1.807) is 13.3 Å². The Morgan fingerprint density at radius 1 is 1.20 bits per heavy atom. The third kappa shape index (κ3) is 4.51. The minimum atomic E-state index is 0.619. The molecule has 2 N–H and O–H groups in total. The predicted octanol–water partition coefficient (Wildman–Crippen LogP) is 2.46. The molecule has 0 amide bonds. The van der Waals surface area contributed by atoms with Crippen LogP contribution in [0.2, 0.25) is 0 Å². The van der Waals surface area contributed by atoms with Gasteiger partial charge in [-0.2, -0.15) is 4.98 Å². The highest BCUT2D eigenvalue weighted by Crippen LogP contribution is 2.08. The van der Waals surface area contributed by atoms with Crippen molar-refractivity contribution in [2.75, 3.05) is 30.9 Å². The predicted molar refractivity (Wildman–Crippen MR) is 80.9 cm³/mol. The van der Waals surface area contributed by atoms with Crippen LogP contribution in [-0.2, 0) is 11.3 Å². The van der Waals surface area contributed by atoms with Crippen LogP contribution in [0.25, 0.3) is 0 Å². The number of ether oxygens (including phenoxy) is 1. The van der Waals surface area contributed by atoms with Gasteiger partial charge in [0.2, 0.25) is 5.95 Å². The molecule has 1 aromatic heterocycles. The lowest BCUT2D eigenvalue weighted by Gasteiger charge is -2.08. The molecular formula is C15H20N4O. The zero-order valence-corrected chi connectivity index (χ0v) is 11.9. The molecule has 0 bridgehead atoms. The molecular weight excluding hydrogens is 252 g/mol. The lowest BCUT2D eigenvalue weighted by Crippen LogP contribution is -2.10. The molecule has 1 aromatic carbocycles. The molecule has 1 heterocycles. The monoisotopic (exact) mass is 272 g/mol. The van der Waals surface area contributed by atoms with E-state index >= 15 is 0 Å². The quantitative estimate of drug-likeness (QED) is 0.758. The molecule has 2 aromatic rings. The Morgan fingerprint density at radius 2 is 2.10 bits per heavy atom. The molecule has 0 aliphatic carbocycles. The Morgan fingerprint density at radius 3 is 2.90 bits per heavy atom. The molecule has 0 radical (unpaired) electrons. The number of nitrogens with zero attached hydrogens (tertiary/aromatic N) is 2. The fourth-order valence-electron chi connectivity index (χ4n) is 1.83. The fraction of sp³-hybridized carbons (Fsp3) is 0.333. The summed E-state index contributed by atoms with van der Waals surface area (Å²) in [5.41, 5.74) is 2.46. The minimum absolute atomic E-state index is 0.619. The smallest absolute Gasteiger partial charge is 0.224 e. The number of aromatic nitrogens is 2. The maximum Gasteiger partial charge on any atom is 0.224 e. The van der Waals surface area contributed by atoms with Crippen molar-refractivity contribution in [1.82, 2.24) is 9.97 Å². The summed E-state index contributed by atoms with van der Waals surface area (Å²) in [4.78, 5) is 8.60. The first-order valence-corrected chi connectivity index (χ1v) is 6.63. The molecule has 0 saturated heterocycles. The van der Waals surface area contributed by atoms with Crippen LogP contribution in [0.5, 0.6) is 0 Å². The van der Waals surface area contributed by atoms with Gasteiger partial charge in [-0.3, -0.25) is 0 Å². The molecule has 0 saturated carbocycles. The van der Waals surface area contributed by atoms with Gasteiger partial charge in [-0.25, -0.2) is 4.98 Å². The van der Waals surface area contributed by atoms with Crippen molar-refractivity contribution in [2.24, 2.45) is 0 Å². The number of aryl methyl sites for hydroxylation is 1. The van der Waals surface area contributed by atoms with Gasteiger partial charge in [0.05, 0.1) is 6.61 Å². The molecule has 0 aliphatic heterocycles. The number of benzene rings is 1. The first-order valence-electron chi connectivity index (χ1n) is 6.63. The lowest BCUT2D eigenvalue weighted by molar-refractivity contribution is 0.210. The maximum atomic E-state index is 4.99. The van der Waals surface area contributed by atoms with Gasteiger partial charge in [0.25, 0.3) is 0 Å². The average Bonchev–Trinajstić information content (AvgIpc) is 2.46. The second kappa shape index (κ2) is 7.45. The van der Waals surface area contributed by atoms with Crippen molar-refractivity contribution >= 4 is 11.8 Å². The van der Waals surface area contributed by atoms with E-state index in [4.69, 9.17) is 4.74 Å². The van der Waals surface area contributed by atoms with Crippen molar-refractivity contribution in [3.8, 4) is 0 Å². The number of hydrogen-bond acceptors (Lipinski definition) is 5. The summed E-state index contributed by atoms with van der Waals surface area (Å²) >= 11 is 0. The zero-order valence-electron chi connectivity index (χ0n) is 11.9. The second-order valence-electron chi connectivity index (χ2n) is 4.53. The summed E-state index contributed by atoms with van der Waals surface area (Å²) in [6.07, 6.45) is 1.74. The van der Waals surface area contributed by atoms with Crippen LogP contribution in [-0.4, -0.2) is 30.2 Å². The Kier molecular flexibility index (Phi) is 5.32. The summed E-state index contributed by atoms with van der Waals surface area (Å²) in [7, 11) is 1.68. The summed E-state index contributed by atoms with van der Waals surface area (Å²) in [5, 5.41) is 6.40. The van der Waals surface area contributed by atoms with Gasteiger partial charge >= 0.3 is 0 Å². The van der Waals surface area contributed by atoms with Crippen molar-refractivity contribution in [1.29, 1.82) is 0 Å². The van der Waals surface area contributed by atoms with E-state index in [-0.39, 0.29) is 0 Å². The average molecular weight is 272 g/mol. The lowest BCUT2D eigenvalue weighted by atomic mass is 10.1. The number of anilines is 2. The Labute approximate surface area is 119 Å². The van der Waals surface area contributed by atoms with Crippen LogP contribution in [0.15, 0.2) is 36.5 Å². The first-order chi connectivity index (χ1) is 9.78. The fourth-order valence-corrected chi connectivity index (χ4v) is 1.83. The van der Waals surface area contributed by atoms with E-state index in [2.05, 4.69) is 51.8 Å². The zero-order chi connectivity index (χ0) is 14.2. The molecule has 0 spiro atoms. The number of methoxy groups -OCH3 is 1. The molecule has 5 heteroatoms. The first kappa shape index (κ1) is 14.3. The highest BCUT2D eigenvalue weighted by atomic mass is 16.5. The third-order valence-electron chi connectivity index (χ3n) is 2.80. The molecule has 106 valence electrons. The summed E-state index contributed by atoms with van der Waals surface area (Å²) < 4.78 is 4.99. The highest BCUT2D eigenvalue weighted by Gasteiger charge is 1.99. The van der Waals surface area contributed by atoms with Crippen molar-refractivity contribution in [3.63, 3.8) is 0 Å². The van der Waals surface area contributed by atoms with Crippen molar-refractivity contribution in [3.05, 3.63) is 47.7 Å². The summed E-state index contributed by atoms with van der Waals surface area (Å²) in [6, 6.07) is 10.2. The molecule has 0 unspecified atom stereocenters. The largest absolute Gasteiger partial charge is 0.383 e. The van der Waals surface area contributed by atoms with Gasteiger partial charge in [0, 0.05) is 26.4 Å². The highest BCUT2D eigenvalue weighted by molar-refractivity contribution is 5.40. The molecule has 0 aliphatic rings. The van der Waals surface area contributed by atoms with E-state index in [1.165, 1.54) is 11.1 Å². The normalized spacial score (nSPS) is 10.3. The van der Waals surface area contributed by atoms with Gasteiger partial charge in [-0.15, -0.1) is 0 Å². The van der Waals surface area contributed by atoms with Crippen LogP contribution in [0.3, 0.4) is 0 Å². The topological polar surface area (TPSA) is 59.1 Å². The molecule has 5 nitrogen and oxygen atoms in total. The van der Waals surface area contributed by atoms with E-state index in [0.29, 0.717) is 19.1 Å². The Bertz CT molecular complexity index is 545. The van der Waals surface area contributed by atoms with Gasteiger partial charge < -0.3 is 15.4 Å². The number of nitrogens with one attached hydrogen (secondary N) is 2. The summed E-state index contributed by atoms with van der Waals surface area (Å²) in [6.45, 7) is 4.17. The SMILES string of the molecule is COCCNc1ccnc(NCc2cccc(C)c2)n1. The molecule has 0 fully saturated rings. The van der Waals surface area contributed by atoms with Crippen molar-refractivity contribution < 1.29 is 4.74 Å². The van der Waals surface area contributed by atoms with E-state index in [0.717, 1.165) is 12.4 Å². The second-order valence-corrected chi connectivity index (χ2v) is 4.53. The molecule has 2 rings (SSSR count). The minimum Gasteiger partial charge on any atom is -0.383 e. The third-order valence-corrected chi connectivity index (χ3v) is 2.80. The number of hydrogen-bond donors (Lipinski definition) is 2. The van der Waals surface area contributed by atoms with E-state index < -0.39 is 0 Å². The van der Waals surface area contributed by atoms with Crippen LogP contribution in [0.1, 0.15) is 11.1 Å². The van der Waals surface area contributed by atoms with Gasteiger partial charge in [0.15, 0.2) is 0 Å². The summed E-state index contributed by atoms with van der Waals surface area (Å²) in [5.74, 6) is 1.41. The van der Waals surface area contributed by atoms with Gasteiger partial charge in [-0.05, 0) is 18.6 Å². The maximum absolute atomic E-state index is 4.99.